The van der Waals surface area contributed by atoms with E-state index in [0.717, 1.165) is 18.9 Å². The molecule has 0 aromatic rings. The topological polar surface area (TPSA) is 47.7 Å². The molecule has 1 aliphatic rings. The number of nitrogens with two attached hydrogens (primary N) is 1. The van der Waals surface area contributed by atoms with Crippen molar-refractivity contribution in [3.8, 4) is 0 Å². The predicted molar refractivity (Wildman–Crippen MR) is 69.8 cm³/mol. The summed E-state index contributed by atoms with van der Waals surface area (Å²) in [5.41, 5.74) is 5.92. The number of hydrogen-bond acceptors (Lipinski definition) is 4. The van der Waals surface area contributed by atoms with Gasteiger partial charge in [0.1, 0.15) is 0 Å². The molecule has 0 saturated carbocycles. The maximum atomic E-state index is 5.92. The third kappa shape index (κ3) is 4.21. The fourth-order valence-corrected chi connectivity index (χ4v) is 2.71. The molecule has 1 heterocycles. The summed E-state index contributed by atoms with van der Waals surface area (Å²) in [6.45, 7) is 6.42. The highest BCUT2D eigenvalue weighted by molar-refractivity contribution is 4.84. The zero-order chi connectivity index (χ0) is 12.8. The molecule has 1 saturated heterocycles. The highest BCUT2D eigenvalue weighted by Gasteiger charge is 2.29. The van der Waals surface area contributed by atoms with Crippen molar-refractivity contribution in [3.05, 3.63) is 0 Å². The highest BCUT2D eigenvalue weighted by atomic mass is 16.7. The van der Waals surface area contributed by atoms with Crippen LogP contribution in [-0.4, -0.2) is 50.6 Å². The third-order valence-corrected chi connectivity index (χ3v) is 3.90. The van der Waals surface area contributed by atoms with Crippen LogP contribution < -0.4 is 5.73 Å². The standard InChI is InChI=1S/C13H28N2O2/c1-10-5-6-11(2)15(9-10)12(8-14)7-13(16-3)17-4/h10-13H,5-9,14H2,1-4H3. The van der Waals surface area contributed by atoms with Crippen molar-refractivity contribution < 1.29 is 9.47 Å². The van der Waals surface area contributed by atoms with Gasteiger partial charge >= 0.3 is 0 Å². The molecule has 0 aliphatic carbocycles. The molecular formula is C13H28N2O2. The lowest BCUT2D eigenvalue weighted by atomic mass is 9.92. The number of nitrogens with zero attached hydrogens (tertiary/aromatic N) is 1. The number of hydrogen-bond donors (Lipinski definition) is 1. The van der Waals surface area contributed by atoms with E-state index in [2.05, 4.69) is 18.7 Å². The maximum Gasteiger partial charge on any atom is 0.158 e. The van der Waals surface area contributed by atoms with E-state index in [0.29, 0.717) is 18.6 Å². The molecule has 1 fully saturated rings. The Labute approximate surface area is 105 Å². The normalized spacial score (nSPS) is 28.6. The minimum atomic E-state index is -0.145. The highest BCUT2D eigenvalue weighted by Crippen LogP contribution is 2.25. The first kappa shape index (κ1) is 14.9. The van der Waals surface area contributed by atoms with E-state index in [1.54, 1.807) is 14.2 Å². The minimum absolute atomic E-state index is 0.145. The van der Waals surface area contributed by atoms with Crippen LogP contribution in [0, 0.1) is 5.92 Å². The molecule has 3 atom stereocenters. The van der Waals surface area contributed by atoms with E-state index in [9.17, 15) is 0 Å². The van der Waals surface area contributed by atoms with Gasteiger partial charge in [-0.05, 0) is 25.7 Å². The second kappa shape index (κ2) is 7.31. The van der Waals surface area contributed by atoms with Gasteiger partial charge in [0, 0.05) is 45.8 Å². The Balaban J connectivity index is 2.58. The van der Waals surface area contributed by atoms with Gasteiger partial charge < -0.3 is 15.2 Å². The maximum absolute atomic E-state index is 5.92. The zero-order valence-corrected chi connectivity index (χ0v) is 11.7. The van der Waals surface area contributed by atoms with Gasteiger partial charge in [-0.1, -0.05) is 6.92 Å². The van der Waals surface area contributed by atoms with E-state index < -0.39 is 0 Å². The van der Waals surface area contributed by atoms with Crippen LogP contribution in [-0.2, 0) is 9.47 Å². The Kier molecular flexibility index (Phi) is 6.41. The molecular weight excluding hydrogens is 216 g/mol. The van der Waals surface area contributed by atoms with Crippen molar-refractivity contribution in [1.29, 1.82) is 0 Å². The van der Waals surface area contributed by atoms with Crippen molar-refractivity contribution in [2.75, 3.05) is 27.3 Å². The van der Waals surface area contributed by atoms with Crippen molar-refractivity contribution in [2.24, 2.45) is 11.7 Å². The Morgan fingerprint density at radius 2 is 1.88 bits per heavy atom. The molecule has 0 aromatic carbocycles. The summed E-state index contributed by atoms with van der Waals surface area (Å²) >= 11 is 0. The molecule has 1 rings (SSSR count). The number of rotatable bonds is 6. The largest absolute Gasteiger partial charge is 0.356 e. The lowest BCUT2D eigenvalue weighted by Crippen LogP contribution is -2.51. The predicted octanol–water partition coefficient (Wildman–Crippen LogP) is 1.44. The molecule has 0 bridgehead atoms. The number of likely N-dealkylation sites (tertiary alicyclic amines) is 1. The van der Waals surface area contributed by atoms with Gasteiger partial charge in [0.15, 0.2) is 6.29 Å². The number of ether oxygens (including phenoxy) is 2. The molecule has 102 valence electrons. The van der Waals surface area contributed by atoms with Crippen LogP contribution in [0.5, 0.6) is 0 Å². The van der Waals surface area contributed by atoms with Crippen LogP contribution in [0.25, 0.3) is 0 Å². The van der Waals surface area contributed by atoms with Crippen molar-refractivity contribution in [3.63, 3.8) is 0 Å². The Morgan fingerprint density at radius 1 is 1.24 bits per heavy atom. The molecule has 4 heteroatoms. The van der Waals surface area contributed by atoms with E-state index in [1.165, 1.54) is 12.8 Å². The quantitative estimate of drug-likeness (QED) is 0.718. The van der Waals surface area contributed by atoms with E-state index in [4.69, 9.17) is 15.2 Å². The average molecular weight is 244 g/mol. The van der Waals surface area contributed by atoms with E-state index >= 15 is 0 Å². The summed E-state index contributed by atoms with van der Waals surface area (Å²) in [6.07, 6.45) is 3.29. The third-order valence-electron chi connectivity index (χ3n) is 3.90. The van der Waals surface area contributed by atoms with Crippen LogP contribution in [0.1, 0.15) is 33.1 Å². The first-order chi connectivity index (χ1) is 8.12. The summed E-state index contributed by atoms with van der Waals surface area (Å²) in [7, 11) is 3.37. The first-order valence-electron chi connectivity index (χ1n) is 6.63. The Hall–Kier alpha value is -0.160. The molecule has 0 amide bonds. The van der Waals surface area contributed by atoms with Gasteiger partial charge in [-0.25, -0.2) is 0 Å². The van der Waals surface area contributed by atoms with Crippen molar-refractivity contribution >= 4 is 0 Å². The van der Waals surface area contributed by atoms with E-state index in [1.807, 2.05) is 0 Å². The minimum Gasteiger partial charge on any atom is -0.356 e. The van der Waals surface area contributed by atoms with Crippen LogP contribution in [0.15, 0.2) is 0 Å². The summed E-state index contributed by atoms with van der Waals surface area (Å²) < 4.78 is 10.6. The number of methoxy groups -OCH3 is 2. The lowest BCUT2D eigenvalue weighted by molar-refractivity contribution is -0.120. The fraction of sp³-hybridized carbons (Fsp3) is 1.00. The fourth-order valence-electron chi connectivity index (χ4n) is 2.71. The Morgan fingerprint density at radius 3 is 2.41 bits per heavy atom. The summed E-state index contributed by atoms with van der Waals surface area (Å²) in [6, 6.07) is 0.978. The SMILES string of the molecule is COC(CC(CN)N1CC(C)CCC1C)OC. The summed E-state index contributed by atoms with van der Waals surface area (Å²) in [4.78, 5) is 2.53. The van der Waals surface area contributed by atoms with Gasteiger partial charge in [-0.2, -0.15) is 0 Å². The molecule has 2 N–H and O–H groups in total. The van der Waals surface area contributed by atoms with Gasteiger partial charge in [0.05, 0.1) is 0 Å². The van der Waals surface area contributed by atoms with Crippen LogP contribution in [0.3, 0.4) is 0 Å². The van der Waals surface area contributed by atoms with E-state index in [-0.39, 0.29) is 6.29 Å². The lowest BCUT2D eigenvalue weighted by Gasteiger charge is -2.42. The van der Waals surface area contributed by atoms with Gasteiger partial charge in [0.2, 0.25) is 0 Å². The van der Waals surface area contributed by atoms with Crippen LogP contribution >= 0.6 is 0 Å². The van der Waals surface area contributed by atoms with Crippen molar-refractivity contribution in [2.45, 2.75) is 51.5 Å². The van der Waals surface area contributed by atoms with Crippen LogP contribution in [0.2, 0.25) is 0 Å². The first-order valence-corrected chi connectivity index (χ1v) is 6.63. The molecule has 0 radical (unpaired) electrons. The monoisotopic (exact) mass is 244 g/mol. The van der Waals surface area contributed by atoms with Crippen molar-refractivity contribution in [1.82, 2.24) is 4.90 Å². The summed E-state index contributed by atoms with van der Waals surface area (Å²) in [5.74, 6) is 0.767. The second-order valence-electron chi connectivity index (χ2n) is 5.25. The van der Waals surface area contributed by atoms with Gasteiger partial charge in [0.25, 0.3) is 0 Å². The molecule has 3 unspecified atom stereocenters. The molecule has 17 heavy (non-hydrogen) atoms. The Bertz CT molecular complexity index is 210. The number of piperidine rings is 1. The zero-order valence-electron chi connectivity index (χ0n) is 11.7. The molecule has 0 aromatic heterocycles. The summed E-state index contributed by atoms with van der Waals surface area (Å²) in [5, 5.41) is 0. The van der Waals surface area contributed by atoms with Gasteiger partial charge in [-0.15, -0.1) is 0 Å². The van der Waals surface area contributed by atoms with Crippen LogP contribution in [0.4, 0.5) is 0 Å². The smallest absolute Gasteiger partial charge is 0.158 e. The molecule has 4 nitrogen and oxygen atoms in total. The average Bonchev–Trinajstić information content (AvgIpc) is 2.34. The van der Waals surface area contributed by atoms with Gasteiger partial charge in [-0.3, -0.25) is 4.90 Å². The second-order valence-corrected chi connectivity index (χ2v) is 5.25. The molecule has 1 aliphatic heterocycles. The molecule has 0 spiro atoms.